The average Bonchev–Trinajstić information content (AvgIpc) is 2.88. The molecular formula is C13H11FN6O. The standard InChI is InChI=1S/C13H11FN6O/c1-20-12(16-5-17-20)8-4-15-9-3-6(14)2-7-10(9)11(8)18-19-13(7)21/h2-3,5,8,15H,4H2,1H3,(H,19,21)/t8-/m0/s1. The van der Waals surface area contributed by atoms with Gasteiger partial charge in [0.1, 0.15) is 18.0 Å². The molecule has 0 spiro atoms. The first-order valence-electron chi connectivity index (χ1n) is 6.44. The zero-order valence-corrected chi connectivity index (χ0v) is 11.1. The molecule has 0 saturated carbocycles. The normalized spacial score (nSPS) is 17.0. The van der Waals surface area contributed by atoms with E-state index in [9.17, 15) is 9.18 Å². The van der Waals surface area contributed by atoms with Crippen LogP contribution in [0.25, 0.3) is 10.8 Å². The van der Waals surface area contributed by atoms with Crippen LogP contribution in [0.1, 0.15) is 17.4 Å². The molecular weight excluding hydrogens is 275 g/mol. The van der Waals surface area contributed by atoms with Crippen molar-refractivity contribution < 1.29 is 4.39 Å². The largest absolute Gasteiger partial charge is 0.383 e. The number of hydrogen-bond donors (Lipinski definition) is 2. The van der Waals surface area contributed by atoms with E-state index in [0.717, 1.165) is 5.82 Å². The highest BCUT2D eigenvalue weighted by atomic mass is 19.1. The minimum Gasteiger partial charge on any atom is -0.383 e. The number of rotatable bonds is 1. The summed E-state index contributed by atoms with van der Waals surface area (Å²) in [6.45, 7) is 0.511. The van der Waals surface area contributed by atoms with Gasteiger partial charge in [0.15, 0.2) is 0 Å². The van der Waals surface area contributed by atoms with E-state index in [2.05, 4.69) is 25.6 Å². The predicted octanol–water partition coefficient (Wildman–Crippen LogP) is 0.748. The van der Waals surface area contributed by atoms with E-state index in [1.54, 1.807) is 11.7 Å². The number of aromatic amines is 1. The van der Waals surface area contributed by atoms with Crippen LogP contribution in [-0.2, 0) is 7.05 Å². The Hall–Kier alpha value is -2.77. The summed E-state index contributed by atoms with van der Waals surface area (Å²) in [5.41, 5.74) is 0.849. The second-order valence-corrected chi connectivity index (χ2v) is 4.99. The Morgan fingerprint density at radius 1 is 1.43 bits per heavy atom. The van der Waals surface area contributed by atoms with Crippen LogP contribution < -0.4 is 10.9 Å². The number of nitrogens with zero attached hydrogens (tertiary/aromatic N) is 4. The predicted molar refractivity (Wildman–Crippen MR) is 73.7 cm³/mol. The molecule has 1 atom stereocenters. The summed E-state index contributed by atoms with van der Waals surface area (Å²) in [4.78, 5) is 16.1. The highest BCUT2D eigenvalue weighted by Gasteiger charge is 2.29. The zero-order valence-electron chi connectivity index (χ0n) is 11.1. The van der Waals surface area contributed by atoms with E-state index in [0.29, 0.717) is 23.3 Å². The van der Waals surface area contributed by atoms with Crippen LogP contribution in [0, 0.1) is 5.82 Å². The van der Waals surface area contributed by atoms with E-state index in [-0.39, 0.29) is 11.3 Å². The number of benzene rings is 1. The minimum absolute atomic E-state index is 0.158. The van der Waals surface area contributed by atoms with Crippen molar-refractivity contribution in [2.24, 2.45) is 7.05 Å². The van der Waals surface area contributed by atoms with Crippen molar-refractivity contribution in [3.63, 3.8) is 0 Å². The fourth-order valence-corrected chi connectivity index (χ4v) is 2.82. The quantitative estimate of drug-likeness (QED) is 0.689. The van der Waals surface area contributed by atoms with Crippen molar-refractivity contribution in [3.8, 4) is 0 Å². The number of aryl methyl sites for hydroxylation is 1. The van der Waals surface area contributed by atoms with Crippen molar-refractivity contribution in [1.29, 1.82) is 0 Å². The van der Waals surface area contributed by atoms with Crippen molar-refractivity contribution in [3.05, 3.63) is 46.1 Å². The first kappa shape index (κ1) is 12.0. The number of halogens is 1. The summed E-state index contributed by atoms with van der Waals surface area (Å²) < 4.78 is 15.3. The Bertz CT molecular complexity index is 915. The minimum atomic E-state index is -0.454. The van der Waals surface area contributed by atoms with Crippen LogP contribution in [0.15, 0.2) is 23.3 Å². The molecule has 0 saturated heterocycles. The highest BCUT2D eigenvalue weighted by Crippen LogP contribution is 2.35. The molecule has 1 aromatic carbocycles. The van der Waals surface area contributed by atoms with Gasteiger partial charge >= 0.3 is 0 Å². The monoisotopic (exact) mass is 286 g/mol. The first-order chi connectivity index (χ1) is 10.1. The molecule has 7 nitrogen and oxygen atoms in total. The van der Waals surface area contributed by atoms with E-state index in [4.69, 9.17) is 0 Å². The number of aromatic nitrogens is 5. The molecule has 0 aliphatic carbocycles. The van der Waals surface area contributed by atoms with Gasteiger partial charge in [-0.1, -0.05) is 0 Å². The van der Waals surface area contributed by atoms with E-state index >= 15 is 0 Å². The van der Waals surface area contributed by atoms with Crippen molar-refractivity contribution in [1.82, 2.24) is 25.0 Å². The number of H-pyrrole nitrogens is 1. The highest BCUT2D eigenvalue weighted by molar-refractivity contribution is 5.96. The van der Waals surface area contributed by atoms with Gasteiger partial charge in [-0.3, -0.25) is 9.48 Å². The van der Waals surface area contributed by atoms with Crippen LogP contribution in [0.5, 0.6) is 0 Å². The smallest absolute Gasteiger partial charge is 0.272 e. The van der Waals surface area contributed by atoms with Crippen LogP contribution in [0.2, 0.25) is 0 Å². The van der Waals surface area contributed by atoms with Crippen LogP contribution in [0.3, 0.4) is 0 Å². The maximum absolute atomic E-state index is 13.6. The lowest BCUT2D eigenvalue weighted by atomic mass is 9.94. The third-order valence-electron chi connectivity index (χ3n) is 3.77. The van der Waals surface area contributed by atoms with Gasteiger partial charge < -0.3 is 5.32 Å². The summed E-state index contributed by atoms with van der Waals surface area (Å²) in [5.74, 6) is 0.123. The molecule has 8 heteroatoms. The molecule has 1 aliphatic rings. The third kappa shape index (κ3) is 1.65. The van der Waals surface area contributed by atoms with Crippen LogP contribution >= 0.6 is 0 Å². The SMILES string of the molecule is Cn1ncnc1[C@H]1CNc2cc(F)cc3c(=O)[nH]nc1c23. The molecule has 2 aromatic heterocycles. The molecule has 21 heavy (non-hydrogen) atoms. The fourth-order valence-electron chi connectivity index (χ4n) is 2.82. The fraction of sp³-hybridized carbons (Fsp3) is 0.231. The number of anilines is 1. The van der Waals surface area contributed by atoms with Crippen molar-refractivity contribution in [2.75, 3.05) is 11.9 Å². The summed E-state index contributed by atoms with van der Waals surface area (Å²) >= 11 is 0. The Balaban J connectivity index is 2.05. The lowest BCUT2D eigenvalue weighted by Crippen LogP contribution is -2.26. The topological polar surface area (TPSA) is 88.5 Å². The Morgan fingerprint density at radius 2 is 2.29 bits per heavy atom. The molecule has 3 aromatic rings. The molecule has 0 fully saturated rings. The Morgan fingerprint density at radius 3 is 3.05 bits per heavy atom. The number of hydrogen-bond acceptors (Lipinski definition) is 5. The molecule has 0 bridgehead atoms. The van der Waals surface area contributed by atoms with Gasteiger partial charge in [0.2, 0.25) is 0 Å². The van der Waals surface area contributed by atoms with Gasteiger partial charge in [-0.2, -0.15) is 10.2 Å². The van der Waals surface area contributed by atoms with E-state index in [1.807, 2.05) is 0 Å². The molecule has 3 heterocycles. The van der Waals surface area contributed by atoms with Crippen LogP contribution in [-0.4, -0.2) is 31.5 Å². The average molecular weight is 286 g/mol. The van der Waals surface area contributed by atoms with Gasteiger partial charge in [0, 0.05) is 24.7 Å². The molecule has 1 aliphatic heterocycles. The third-order valence-corrected chi connectivity index (χ3v) is 3.77. The van der Waals surface area contributed by atoms with Gasteiger partial charge in [0.05, 0.1) is 17.0 Å². The summed E-state index contributed by atoms with van der Waals surface area (Å²) in [6.07, 6.45) is 1.47. The second kappa shape index (κ2) is 4.11. The zero-order chi connectivity index (χ0) is 14.6. The van der Waals surface area contributed by atoms with E-state index < -0.39 is 11.4 Å². The molecule has 0 amide bonds. The Labute approximate surface area is 117 Å². The lowest BCUT2D eigenvalue weighted by Gasteiger charge is -2.24. The lowest BCUT2D eigenvalue weighted by molar-refractivity contribution is 0.625. The Kier molecular flexibility index (Phi) is 2.35. The maximum atomic E-state index is 13.6. The second-order valence-electron chi connectivity index (χ2n) is 4.99. The van der Waals surface area contributed by atoms with Gasteiger partial charge in [0.25, 0.3) is 5.56 Å². The van der Waals surface area contributed by atoms with Crippen molar-refractivity contribution in [2.45, 2.75) is 5.92 Å². The molecule has 4 rings (SSSR count). The molecule has 2 N–H and O–H groups in total. The van der Waals surface area contributed by atoms with E-state index in [1.165, 1.54) is 18.5 Å². The van der Waals surface area contributed by atoms with Gasteiger partial charge in [-0.15, -0.1) is 0 Å². The van der Waals surface area contributed by atoms with Crippen molar-refractivity contribution >= 4 is 16.5 Å². The van der Waals surface area contributed by atoms with Gasteiger partial charge in [-0.25, -0.2) is 14.5 Å². The van der Waals surface area contributed by atoms with Gasteiger partial charge in [-0.05, 0) is 12.1 Å². The number of nitrogens with one attached hydrogen (secondary N) is 2. The first-order valence-corrected chi connectivity index (χ1v) is 6.44. The maximum Gasteiger partial charge on any atom is 0.272 e. The molecule has 0 radical (unpaired) electrons. The summed E-state index contributed by atoms with van der Waals surface area (Å²) in [6, 6.07) is 2.60. The molecule has 0 unspecified atom stereocenters. The molecule has 106 valence electrons. The summed E-state index contributed by atoms with van der Waals surface area (Å²) in [5, 5.41) is 14.7. The summed E-state index contributed by atoms with van der Waals surface area (Å²) in [7, 11) is 1.80. The van der Waals surface area contributed by atoms with Crippen LogP contribution in [0.4, 0.5) is 10.1 Å².